The van der Waals surface area contributed by atoms with Crippen molar-refractivity contribution in [3.63, 3.8) is 0 Å². The Bertz CT molecular complexity index is 275. The van der Waals surface area contributed by atoms with Gasteiger partial charge in [-0.2, -0.15) is 0 Å². The standard InChI is InChI=1S/C9H19N5O/c1-3-15-6-4-5-8(12-10)9-7-11-13-14(9)2/h7-8,12H,3-6,10H2,1-2H3. The largest absolute Gasteiger partial charge is 0.382 e. The molecular weight excluding hydrogens is 194 g/mol. The summed E-state index contributed by atoms with van der Waals surface area (Å²) in [6.07, 6.45) is 3.61. The molecule has 3 N–H and O–H groups in total. The van der Waals surface area contributed by atoms with Crippen LogP contribution in [0.15, 0.2) is 6.20 Å². The third-order valence-corrected chi connectivity index (χ3v) is 2.29. The van der Waals surface area contributed by atoms with Crippen molar-refractivity contribution in [2.24, 2.45) is 12.9 Å². The number of hydrogen-bond acceptors (Lipinski definition) is 5. The Hall–Kier alpha value is -0.980. The number of rotatable bonds is 7. The quantitative estimate of drug-likeness (QED) is 0.382. The molecule has 1 atom stereocenters. The first-order valence-electron chi connectivity index (χ1n) is 5.18. The third-order valence-electron chi connectivity index (χ3n) is 2.29. The van der Waals surface area contributed by atoms with Gasteiger partial charge in [-0.1, -0.05) is 5.21 Å². The molecule has 0 aromatic carbocycles. The zero-order valence-corrected chi connectivity index (χ0v) is 9.31. The third kappa shape index (κ3) is 3.58. The zero-order valence-electron chi connectivity index (χ0n) is 9.31. The van der Waals surface area contributed by atoms with E-state index in [0.29, 0.717) is 0 Å². The molecule has 1 aromatic heterocycles. The van der Waals surface area contributed by atoms with E-state index in [4.69, 9.17) is 10.6 Å². The van der Waals surface area contributed by atoms with Crippen molar-refractivity contribution in [1.29, 1.82) is 0 Å². The highest BCUT2D eigenvalue weighted by Crippen LogP contribution is 2.15. The summed E-state index contributed by atoms with van der Waals surface area (Å²) in [7, 11) is 1.86. The first-order valence-corrected chi connectivity index (χ1v) is 5.18. The van der Waals surface area contributed by atoms with Gasteiger partial charge in [0.05, 0.1) is 17.9 Å². The first kappa shape index (κ1) is 12.1. The van der Waals surface area contributed by atoms with Gasteiger partial charge in [-0.15, -0.1) is 5.10 Å². The maximum Gasteiger partial charge on any atom is 0.0766 e. The van der Waals surface area contributed by atoms with Gasteiger partial charge in [-0.3, -0.25) is 16.0 Å². The van der Waals surface area contributed by atoms with Crippen LogP contribution in [0.3, 0.4) is 0 Å². The molecule has 6 nitrogen and oxygen atoms in total. The lowest BCUT2D eigenvalue weighted by atomic mass is 10.1. The lowest BCUT2D eigenvalue weighted by Crippen LogP contribution is -2.29. The van der Waals surface area contributed by atoms with Gasteiger partial charge in [0.25, 0.3) is 0 Å². The average molecular weight is 213 g/mol. The van der Waals surface area contributed by atoms with E-state index >= 15 is 0 Å². The maximum atomic E-state index is 5.49. The molecule has 86 valence electrons. The molecule has 0 saturated carbocycles. The number of nitrogens with two attached hydrogens (primary N) is 1. The SMILES string of the molecule is CCOCCCC(NN)c1cnnn1C. The van der Waals surface area contributed by atoms with Crippen LogP contribution in [0, 0.1) is 0 Å². The van der Waals surface area contributed by atoms with Crippen molar-refractivity contribution in [2.75, 3.05) is 13.2 Å². The number of hydrazine groups is 1. The number of hydrogen-bond donors (Lipinski definition) is 2. The van der Waals surface area contributed by atoms with Gasteiger partial charge in [0.2, 0.25) is 0 Å². The molecule has 0 aliphatic heterocycles. The fourth-order valence-corrected chi connectivity index (χ4v) is 1.46. The Morgan fingerprint density at radius 2 is 2.47 bits per heavy atom. The van der Waals surface area contributed by atoms with Crippen LogP contribution in [0.5, 0.6) is 0 Å². The highest BCUT2D eigenvalue weighted by Gasteiger charge is 2.13. The Kier molecular flexibility index (Phi) is 5.23. The van der Waals surface area contributed by atoms with E-state index in [-0.39, 0.29) is 6.04 Å². The molecule has 15 heavy (non-hydrogen) atoms. The van der Waals surface area contributed by atoms with E-state index in [0.717, 1.165) is 31.7 Å². The van der Waals surface area contributed by atoms with Gasteiger partial charge >= 0.3 is 0 Å². The molecule has 1 aromatic rings. The van der Waals surface area contributed by atoms with E-state index in [9.17, 15) is 0 Å². The molecule has 0 radical (unpaired) electrons. The van der Waals surface area contributed by atoms with E-state index in [1.807, 2.05) is 14.0 Å². The normalized spacial score (nSPS) is 13.0. The molecule has 0 aliphatic rings. The van der Waals surface area contributed by atoms with Crippen LogP contribution < -0.4 is 11.3 Å². The lowest BCUT2D eigenvalue weighted by molar-refractivity contribution is 0.140. The van der Waals surface area contributed by atoms with Crippen molar-refractivity contribution in [2.45, 2.75) is 25.8 Å². The number of ether oxygens (including phenoxy) is 1. The predicted molar refractivity (Wildman–Crippen MR) is 56.8 cm³/mol. The number of aromatic nitrogens is 3. The highest BCUT2D eigenvalue weighted by molar-refractivity contribution is 5.00. The van der Waals surface area contributed by atoms with Crippen molar-refractivity contribution in [1.82, 2.24) is 20.4 Å². The van der Waals surface area contributed by atoms with Crippen LogP contribution in [0.2, 0.25) is 0 Å². The Morgan fingerprint density at radius 3 is 3.00 bits per heavy atom. The summed E-state index contributed by atoms with van der Waals surface area (Å²) in [5.74, 6) is 5.49. The van der Waals surface area contributed by atoms with Crippen molar-refractivity contribution < 1.29 is 4.74 Å². The average Bonchev–Trinajstić information content (AvgIpc) is 2.65. The molecule has 6 heteroatoms. The fraction of sp³-hybridized carbons (Fsp3) is 0.778. The summed E-state index contributed by atoms with van der Waals surface area (Å²) in [6, 6.07) is 0.0884. The molecule has 0 saturated heterocycles. The van der Waals surface area contributed by atoms with Gasteiger partial charge in [0, 0.05) is 20.3 Å². The minimum Gasteiger partial charge on any atom is -0.382 e. The summed E-state index contributed by atoms with van der Waals surface area (Å²) < 4.78 is 7.00. The summed E-state index contributed by atoms with van der Waals surface area (Å²) in [6.45, 7) is 3.51. The van der Waals surface area contributed by atoms with Crippen molar-refractivity contribution >= 4 is 0 Å². The van der Waals surface area contributed by atoms with Gasteiger partial charge < -0.3 is 4.74 Å². The van der Waals surface area contributed by atoms with Crippen LogP contribution in [-0.2, 0) is 11.8 Å². The Labute approximate surface area is 89.8 Å². The smallest absolute Gasteiger partial charge is 0.0766 e. The van der Waals surface area contributed by atoms with Crippen LogP contribution in [0.25, 0.3) is 0 Å². The van der Waals surface area contributed by atoms with Gasteiger partial charge in [0.15, 0.2) is 0 Å². The summed E-state index contributed by atoms with van der Waals surface area (Å²) in [5, 5.41) is 7.69. The second kappa shape index (κ2) is 6.49. The second-order valence-electron chi connectivity index (χ2n) is 3.34. The fourth-order valence-electron chi connectivity index (χ4n) is 1.46. The molecule has 0 spiro atoms. The monoisotopic (exact) mass is 213 g/mol. The lowest BCUT2D eigenvalue weighted by Gasteiger charge is -2.14. The predicted octanol–water partition coefficient (Wildman–Crippen LogP) is 0.136. The minimum absolute atomic E-state index is 0.0884. The Morgan fingerprint density at radius 1 is 1.67 bits per heavy atom. The van der Waals surface area contributed by atoms with E-state index in [1.165, 1.54) is 0 Å². The number of aryl methyl sites for hydroxylation is 1. The number of nitrogens with one attached hydrogen (secondary N) is 1. The molecule has 0 aliphatic carbocycles. The van der Waals surface area contributed by atoms with E-state index < -0.39 is 0 Å². The topological polar surface area (TPSA) is 78.0 Å². The molecule has 1 unspecified atom stereocenters. The molecule has 0 bridgehead atoms. The summed E-state index contributed by atoms with van der Waals surface area (Å²) >= 11 is 0. The van der Waals surface area contributed by atoms with Gasteiger partial charge in [-0.25, -0.2) is 0 Å². The molecule has 0 fully saturated rings. The van der Waals surface area contributed by atoms with Crippen LogP contribution in [0.4, 0.5) is 0 Å². The van der Waals surface area contributed by atoms with Crippen molar-refractivity contribution in [3.8, 4) is 0 Å². The molecule has 0 amide bonds. The highest BCUT2D eigenvalue weighted by atomic mass is 16.5. The minimum atomic E-state index is 0.0884. The second-order valence-corrected chi connectivity index (χ2v) is 3.34. The van der Waals surface area contributed by atoms with Crippen molar-refractivity contribution in [3.05, 3.63) is 11.9 Å². The van der Waals surface area contributed by atoms with E-state index in [1.54, 1.807) is 10.9 Å². The van der Waals surface area contributed by atoms with Gasteiger partial charge in [-0.05, 0) is 19.8 Å². The Balaban J connectivity index is 2.39. The van der Waals surface area contributed by atoms with Gasteiger partial charge in [0.1, 0.15) is 0 Å². The zero-order chi connectivity index (χ0) is 11.1. The molecule has 1 rings (SSSR count). The number of nitrogens with zero attached hydrogens (tertiary/aromatic N) is 3. The van der Waals surface area contributed by atoms with Crippen LogP contribution >= 0.6 is 0 Å². The first-order chi connectivity index (χ1) is 7.29. The maximum absolute atomic E-state index is 5.49. The molecule has 1 heterocycles. The van der Waals surface area contributed by atoms with Crippen LogP contribution in [-0.4, -0.2) is 28.2 Å². The molecular formula is C9H19N5O. The summed E-state index contributed by atoms with van der Waals surface area (Å²) in [5.41, 5.74) is 3.76. The van der Waals surface area contributed by atoms with Crippen LogP contribution in [0.1, 0.15) is 31.5 Å². The van der Waals surface area contributed by atoms with E-state index in [2.05, 4.69) is 15.7 Å². The summed E-state index contributed by atoms with van der Waals surface area (Å²) in [4.78, 5) is 0.